The first kappa shape index (κ1) is 12.3. The monoisotopic (exact) mass is 245 g/mol. The molecule has 0 radical (unpaired) electrons. The molecule has 16 heavy (non-hydrogen) atoms. The Morgan fingerprint density at radius 3 is 2.31 bits per heavy atom. The second-order valence-corrected chi connectivity index (χ2v) is 4.52. The van der Waals surface area contributed by atoms with Crippen LogP contribution in [0.2, 0.25) is 0 Å². The number of nitrogens with two attached hydrogens (primary N) is 2. The summed E-state index contributed by atoms with van der Waals surface area (Å²) in [5.41, 5.74) is 10.9. The van der Waals surface area contributed by atoms with Crippen molar-refractivity contribution in [1.82, 2.24) is 0 Å². The van der Waals surface area contributed by atoms with Gasteiger partial charge in [-0.15, -0.1) is 0 Å². The minimum absolute atomic E-state index is 0.00275. The second kappa shape index (κ2) is 3.99. The van der Waals surface area contributed by atoms with Crippen LogP contribution in [-0.4, -0.2) is 18.9 Å². The Bertz CT molecular complexity index is 538. The van der Waals surface area contributed by atoms with Crippen molar-refractivity contribution in [3.63, 3.8) is 0 Å². The van der Waals surface area contributed by atoms with E-state index in [0.29, 0.717) is 0 Å². The third-order valence-corrected chi connectivity index (χ3v) is 2.68. The van der Waals surface area contributed by atoms with Gasteiger partial charge in [-0.3, -0.25) is 9.35 Å². The maximum Gasteiger partial charge on any atom is 0.296 e. The molecule has 1 amide bonds. The van der Waals surface area contributed by atoms with Gasteiger partial charge in [0.1, 0.15) is 4.90 Å². The summed E-state index contributed by atoms with van der Waals surface area (Å²) < 4.78 is 30.6. The van der Waals surface area contributed by atoms with E-state index in [9.17, 15) is 13.2 Å². The Morgan fingerprint density at radius 1 is 1.31 bits per heavy atom. The van der Waals surface area contributed by atoms with Crippen LogP contribution in [0.15, 0.2) is 17.0 Å². The zero-order chi connectivity index (χ0) is 12.5. The molecule has 0 unspecified atom stereocenters. The normalized spacial score (nSPS) is 11.1. The van der Waals surface area contributed by atoms with E-state index in [2.05, 4.69) is 5.32 Å². The predicted octanol–water partition coefficient (Wildman–Crippen LogP) is 0.0561. The first-order chi connectivity index (χ1) is 7.21. The number of amides is 1. The van der Waals surface area contributed by atoms with Gasteiger partial charge in [0, 0.05) is 6.92 Å². The van der Waals surface area contributed by atoms with Crippen molar-refractivity contribution in [3.8, 4) is 0 Å². The summed E-state index contributed by atoms with van der Waals surface area (Å²) in [4.78, 5) is 10.3. The van der Waals surface area contributed by atoms with Crippen molar-refractivity contribution in [2.45, 2.75) is 11.8 Å². The van der Waals surface area contributed by atoms with E-state index < -0.39 is 15.0 Å². The van der Waals surface area contributed by atoms with Crippen LogP contribution in [-0.2, 0) is 14.9 Å². The summed E-state index contributed by atoms with van der Waals surface area (Å²) in [6.07, 6.45) is 0. The van der Waals surface area contributed by atoms with Gasteiger partial charge in [0.25, 0.3) is 10.1 Å². The van der Waals surface area contributed by atoms with E-state index in [1.54, 1.807) is 0 Å². The molecule has 0 aliphatic rings. The molecule has 0 saturated heterocycles. The molecule has 0 aliphatic carbocycles. The standard InChI is InChI=1S/C8H11N3O4S/c1-4(12)11-7-2-6(10)8(3-5(7)9)16(13,14)15/h2-3H,9-10H2,1H3,(H,11,12)(H,13,14,15). The molecule has 1 aromatic carbocycles. The van der Waals surface area contributed by atoms with E-state index >= 15 is 0 Å². The molecule has 0 saturated carbocycles. The van der Waals surface area contributed by atoms with Crippen LogP contribution in [0, 0.1) is 0 Å². The van der Waals surface area contributed by atoms with Crippen LogP contribution in [0.5, 0.6) is 0 Å². The third kappa shape index (κ3) is 2.61. The lowest BCUT2D eigenvalue weighted by Crippen LogP contribution is -2.11. The van der Waals surface area contributed by atoms with Gasteiger partial charge in [0.05, 0.1) is 17.1 Å². The molecule has 0 heterocycles. The fourth-order valence-corrected chi connectivity index (χ4v) is 1.77. The van der Waals surface area contributed by atoms with E-state index in [0.717, 1.165) is 6.07 Å². The summed E-state index contributed by atoms with van der Waals surface area (Å²) >= 11 is 0. The SMILES string of the molecule is CC(=O)Nc1cc(N)c(S(=O)(=O)O)cc1N. The maximum atomic E-state index is 10.9. The Hall–Kier alpha value is -1.80. The highest BCUT2D eigenvalue weighted by Gasteiger charge is 2.16. The Morgan fingerprint density at radius 2 is 1.88 bits per heavy atom. The number of carbonyl (C=O) groups is 1. The largest absolute Gasteiger partial charge is 0.398 e. The van der Waals surface area contributed by atoms with E-state index in [1.165, 1.54) is 13.0 Å². The zero-order valence-electron chi connectivity index (χ0n) is 8.39. The molecule has 0 bridgehead atoms. The topological polar surface area (TPSA) is 136 Å². The quantitative estimate of drug-likeness (QED) is 0.429. The Kier molecular flexibility index (Phi) is 3.06. The van der Waals surface area contributed by atoms with Crippen LogP contribution in [0.4, 0.5) is 17.1 Å². The average Bonchev–Trinajstić information content (AvgIpc) is 2.07. The second-order valence-electron chi connectivity index (χ2n) is 3.13. The first-order valence-corrected chi connectivity index (χ1v) is 5.60. The van der Waals surface area contributed by atoms with Crippen LogP contribution >= 0.6 is 0 Å². The van der Waals surface area contributed by atoms with Crippen molar-refractivity contribution in [1.29, 1.82) is 0 Å². The number of benzene rings is 1. The summed E-state index contributed by atoms with van der Waals surface area (Å²) in [5.74, 6) is -0.370. The molecule has 6 N–H and O–H groups in total. The molecule has 8 heteroatoms. The molecular weight excluding hydrogens is 234 g/mol. The highest BCUT2D eigenvalue weighted by molar-refractivity contribution is 7.86. The van der Waals surface area contributed by atoms with Crippen molar-refractivity contribution >= 4 is 33.1 Å². The number of nitrogen functional groups attached to an aromatic ring is 2. The van der Waals surface area contributed by atoms with Crippen LogP contribution in [0.1, 0.15) is 6.92 Å². The highest BCUT2D eigenvalue weighted by atomic mass is 32.2. The Balaban J connectivity index is 3.33. The van der Waals surface area contributed by atoms with Crippen LogP contribution in [0.3, 0.4) is 0 Å². The predicted molar refractivity (Wildman–Crippen MR) is 59.4 cm³/mol. The maximum absolute atomic E-state index is 10.9. The summed E-state index contributed by atoms with van der Waals surface area (Å²) in [5, 5.41) is 2.37. The van der Waals surface area contributed by atoms with Gasteiger partial charge in [0.15, 0.2) is 0 Å². The molecule has 0 aromatic heterocycles. The summed E-state index contributed by atoms with van der Waals surface area (Å²) in [6, 6.07) is 2.15. The molecular formula is C8H11N3O4S. The minimum atomic E-state index is -4.42. The minimum Gasteiger partial charge on any atom is -0.398 e. The molecule has 0 atom stereocenters. The van der Waals surface area contributed by atoms with Gasteiger partial charge in [0.2, 0.25) is 5.91 Å². The van der Waals surface area contributed by atoms with Crippen molar-refractivity contribution < 1.29 is 17.8 Å². The Labute approximate surface area is 92.2 Å². The number of hydrogen-bond donors (Lipinski definition) is 4. The van der Waals surface area contributed by atoms with Gasteiger partial charge < -0.3 is 16.8 Å². The van der Waals surface area contributed by atoms with Crippen LogP contribution < -0.4 is 16.8 Å². The molecule has 0 aliphatic heterocycles. The van der Waals surface area contributed by atoms with Crippen LogP contribution in [0.25, 0.3) is 0 Å². The smallest absolute Gasteiger partial charge is 0.296 e. The summed E-state index contributed by atoms with van der Waals surface area (Å²) in [6.45, 7) is 1.27. The van der Waals surface area contributed by atoms with Crippen molar-refractivity contribution in [3.05, 3.63) is 12.1 Å². The van der Waals surface area contributed by atoms with Gasteiger partial charge >= 0.3 is 0 Å². The molecule has 7 nitrogen and oxygen atoms in total. The molecule has 1 aromatic rings. The lowest BCUT2D eigenvalue weighted by atomic mass is 10.2. The number of nitrogens with one attached hydrogen (secondary N) is 1. The van der Waals surface area contributed by atoms with E-state index in [-0.39, 0.29) is 23.0 Å². The van der Waals surface area contributed by atoms with Gasteiger partial charge in [-0.05, 0) is 12.1 Å². The van der Waals surface area contributed by atoms with Gasteiger partial charge in [-0.2, -0.15) is 8.42 Å². The van der Waals surface area contributed by atoms with Crippen molar-refractivity contribution in [2.24, 2.45) is 0 Å². The average molecular weight is 245 g/mol. The highest BCUT2D eigenvalue weighted by Crippen LogP contribution is 2.28. The zero-order valence-corrected chi connectivity index (χ0v) is 9.21. The molecule has 88 valence electrons. The lowest BCUT2D eigenvalue weighted by Gasteiger charge is -2.09. The fourth-order valence-electron chi connectivity index (χ4n) is 1.13. The number of carbonyl (C=O) groups excluding carboxylic acids is 1. The van der Waals surface area contributed by atoms with Gasteiger partial charge in [-0.25, -0.2) is 0 Å². The third-order valence-electron chi connectivity index (χ3n) is 1.77. The number of anilines is 3. The molecule has 1 rings (SSSR count). The lowest BCUT2D eigenvalue weighted by molar-refractivity contribution is -0.114. The fraction of sp³-hybridized carbons (Fsp3) is 0.125. The van der Waals surface area contributed by atoms with Crippen molar-refractivity contribution in [2.75, 3.05) is 16.8 Å². The number of hydrogen-bond acceptors (Lipinski definition) is 5. The molecule has 0 fully saturated rings. The molecule has 0 spiro atoms. The summed E-state index contributed by atoms with van der Waals surface area (Å²) in [7, 11) is -4.42. The van der Waals surface area contributed by atoms with Gasteiger partial charge in [-0.1, -0.05) is 0 Å². The number of rotatable bonds is 2. The van der Waals surface area contributed by atoms with E-state index in [1.807, 2.05) is 0 Å². The first-order valence-electron chi connectivity index (χ1n) is 4.16. The van der Waals surface area contributed by atoms with E-state index in [4.69, 9.17) is 16.0 Å².